The highest BCUT2D eigenvalue weighted by Gasteiger charge is 2.17. The third kappa shape index (κ3) is 4.00. The fourth-order valence-corrected chi connectivity index (χ4v) is 2.24. The van der Waals surface area contributed by atoms with Crippen LogP contribution in [0.2, 0.25) is 0 Å². The molecule has 3 aromatic rings. The molecule has 128 valence electrons. The Balaban J connectivity index is 1.64. The molecule has 1 aromatic carbocycles. The van der Waals surface area contributed by atoms with Crippen molar-refractivity contribution in [3.05, 3.63) is 66.8 Å². The standard InChI is InChI=1S/C18H16FN3O3/c1-12(25-16-5-3-2-4-14(16)19)18(23)22-10-15-17(21-8-7-20-15)13-6-9-24-11-13/h2-9,11-12H,10H2,1H3,(H,22,23). The number of para-hydroxylation sites is 1. The van der Waals surface area contributed by atoms with Crippen LogP contribution >= 0.6 is 0 Å². The smallest absolute Gasteiger partial charge is 0.261 e. The number of nitrogens with zero attached hydrogens (tertiary/aromatic N) is 2. The quantitative estimate of drug-likeness (QED) is 0.746. The summed E-state index contributed by atoms with van der Waals surface area (Å²) >= 11 is 0. The number of nitrogens with one attached hydrogen (secondary N) is 1. The van der Waals surface area contributed by atoms with Gasteiger partial charge in [-0.15, -0.1) is 0 Å². The summed E-state index contributed by atoms with van der Waals surface area (Å²) in [5.74, 6) is -0.867. The molecule has 1 amide bonds. The molecule has 0 aliphatic rings. The summed E-state index contributed by atoms with van der Waals surface area (Å²) in [6.45, 7) is 1.72. The van der Waals surface area contributed by atoms with Gasteiger partial charge >= 0.3 is 0 Å². The van der Waals surface area contributed by atoms with E-state index in [9.17, 15) is 9.18 Å². The van der Waals surface area contributed by atoms with Crippen LogP contribution in [0, 0.1) is 5.82 Å². The molecule has 6 nitrogen and oxygen atoms in total. The van der Waals surface area contributed by atoms with Crippen molar-refractivity contribution < 1.29 is 18.3 Å². The average molecular weight is 341 g/mol. The zero-order valence-corrected chi connectivity index (χ0v) is 13.5. The van der Waals surface area contributed by atoms with Gasteiger partial charge in [-0.1, -0.05) is 12.1 Å². The van der Waals surface area contributed by atoms with E-state index >= 15 is 0 Å². The molecule has 1 atom stereocenters. The molecule has 1 N–H and O–H groups in total. The molecule has 0 radical (unpaired) electrons. The maximum atomic E-state index is 13.6. The molecule has 2 aromatic heterocycles. The van der Waals surface area contributed by atoms with Crippen LogP contribution in [0.5, 0.6) is 5.75 Å². The van der Waals surface area contributed by atoms with Crippen LogP contribution in [0.1, 0.15) is 12.6 Å². The fourth-order valence-electron chi connectivity index (χ4n) is 2.24. The van der Waals surface area contributed by atoms with Gasteiger partial charge in [0.05, 0.1) is 30.5 Å². The highest BCUT2D eigenvalue weighted by atomic mass is 19.1. The second kappa shape index (κ2) is 7.57. The number of hydrogen-bond acceptors (Lipinski definition) is 5. The maximum Gasteiger partial charge on any atom is 0.261 e. The molecule has 25 heavy (non-hydrogen) atoms. The minimum atomic E-state index is -0.856. The van der Waals surface area contributed by atoms with Gasteiger partial charge in [-0.2, -0.15) is 0 Å². The minimum absolute atomic E-state index is 0.0312. The fraction of sp³-hybridized carbons (Fsp3) is 0.167. The number of carbonyl (C=O) groups is 1. The Kier molecular flexibility index (Phi) is 5.03. The van der Waals surface area contributed by atoms with Crippen molar-refractivity contribution in [2.45, 2.75) is 19.6 Å². The van der Waals surface area contributed by atoms with E-state index in [0.717, 1.165) is 5.56 Å². The summed E-state index contributed by atoms with van der Waals surface area (Å²) in [5, 5.41) is 2.72. The molecule has 0 aliphatic heterocycles. The van der Waals surface area contributed by atoms with E-state index in [2.05, 4.69) is 15.3 Å². The Labute approximate surface area is 143 Å². The van der Waals surface area contributed by atoms with Gasteiger partial charge in [0, 0.05) is 18.0 Å². The number of ether oxygens (including phenoxy) is 1. The number of rotatable bonds is 6. The number of aromatic nitrogens is 2. The molecule has 0 saturated carbocycles. The van der Waals surface area contributed by atoms with Gasteiger partial charge in [-0.3, -0.25) is 14.8 Å². The van der Waals surface area contributed by atoms with Gasteiger partial charge in [-0.25, -0.2) is 4.39 Å². The van der Waals surface area contributed by atoms with Gasteiger partial charge in [0.1, 0.15) is 0 Å². The van der Waals surface area contributed by atoms with Gasteiger partial charge in [0.2, 0.25) is 0 Å². The predicted octanol–water partition coefficient (Wildman–Crippen LogP) is 2.96. The number of furan rings is 1. The van der Waals surface area contributed by atoms with Crippen molar-refractivity contribution >= 4 is 5.91 Å². The van der Waals surface area contributed by atoms with Crippen LogP contribution in [0.3, 0.4) is 0 Å². The first kappa shape index (κ1) is 16.6. The van der Waals surface area contributed by atoms with E-state index in [4.69, 9.17) is 9.15 Å². The lowest BCUT2D eigenvalue weighted by molar-refractivity contribution is -0.127. The van der Waals surface area contributed by atoms with E-state index in [1.165, 1.54) is 18.4 Å². The number of benzene rings is 1. The lowest BCUT2D eigenvalue weighted by atomic mass is 10.2. The van der Waals surface area contributed by atoms with Crippen molar-refractivity contribution in [2.75, 3.05) is 0 Å². The highest BCUT2D eigenvalue weighted by Crippen LogP contribution is 2.20. The Bertz CT molecular complexity index is 852. The molecule has 7 heteroatoms. The molecule has 3 rings (SSSR count). The second-order valence-corrected chi connectivity index (χ2v) is 5.27. The SMILES string of the molecule is CC(Oc1ccccc1F)C(=O)NCc1nccnc1-c1ccoc1. The second-order valence-electron chi connectivity index (χ2n) is 5.27. The summed E-state index contributed by atoms with van der Waals surface area (Å²) in [7, 11) is 0. The third-order valence-corrected chi connectivity index (χ3v) is 3.51. The van der Waals surface area contributed by atoms with Crippen LogP contribution in [0.25, 0.3) is 11.3 Å². The first-order chi connectivity index (χ1) is 12.1. The van der Waals surface area contributed by atoms with E-state index in [1.807, 2.05) is 0 Å². The molecule has 0 spiro atoms. The summed E-state index contributed by atoms with van der Waals surface area (Å²) in [4.78, 5) is 20.7. The van der Waals surface area contributed by atoms with Crippen LogP contribution in [0.15, 0.2) is 59.7 Å². The largest absolute Gasteiger partial charge is 0.478 e. The average Bonchev–Trinajstić information content (AvgIpc) is 3.16. The van der Waals surface area contributed by atoms with Crippen molar-refractivity contribution in [1.82, 2.24) is 15.3 Å². The van der Waals surface area contributed by atoms with E-state index in [-0.39, 0.29) is 18.2 Å². The van der Waals surface area contributed by atoms with Crippen LogP contribution in [-0.4, -0.2) is 22.0 Å². The molecule has 0 aliphatic carbocycles. The predicted molar refractivity (Wildman–Crippen MR) is 88.1 cm³/mol. The summed E-state index contributed by atoms with van der Waals surface area (Å²) < 4.78 is 24.0. The summed E-state index contributed by atoms with van der Waals surface area (Å²) in [6.07, 6.45) is 5.35. The van der Waals surface area contributed by atoms with E-state index in [1.54, 1.807) is 43.8 Å². The molecule has 0 bridgehead atoms. The van der Waals surface area contributed by atoms with Crippen LogP contribution in [0.4, 0.5) is 4.39 Å². The highest BCUT2D eigenvalue weighted by molar-refractivity contribution is 5.80. The normalized spacial score (nSPS) is 11.8. The number of hydrogen-bond donors (Lipinski definition) is 1. The first-order valence-corrected chi connectivity index (χ1v) is 7.66. The molecule has 0 saturated heterocycles. The minimum Gasteiger partial charge on any atom is -0.478 e. The van der Waals surface area contributed by atoms with Gasteiger partial charge < -0.3 is 14.5 Å². The lowest BCUT2D eigenvalue weighted by Gasteiger charge is -2.15. The summed E-state index contributed by atoms with van der Waals surface area (Å²) in [6, 6.07) is 7.70. The van der Waals surface area contributed by atoms with Gasteiger partial charge in [-0.05, 0) is 25.1 Å². The van der Waals surface area contributed by atoms with Crippen LogP contribution in [-0.2, 0) is 11.3 Å². The van der Waals surface area contributed by atoms with E-state index in [0.29, 0.717) is 11.4 Å². The monoisotopic (exact) mass is 341 g/mol. The Morgan fingerprint density at radius 1 is 1.28 bits per heavy atom. The van der Waals surface area contributed by atoms with Crippen molar-refractivity contribution in [3.8, 4) is 17.0 Å². The Hall–Kier alpha value is -3.22. The van der Waals surface area contributed by atoms with Crippen molar-refractivity contribution in [1.29, 1.82) is 0 Å². The number of carbonyl (C=O) groups excluding carboxylic acids is 1. The Morgan fingerprint density at radius 3 is 2.84 bits per heavy atom. The van der Waals surface area contributed by atoms with Crippen molar-refractivity contribution in [3.63, 3.8) is 0 Å². The summed E-state index contributed by atoms with van der Waals surface area (Å²) in [5.41, 5.74) is 1.99. The topological polar surface area (TPSA) is 77.2 Å². The van der Waals surface area contributed by atoms with Gasteiger partial charge in [0.15, 0.2) is 17.7 Å². The first-order valence-electron chi connectivity index (χ1n) is 7.66. The molecular formula is C18H16FN3O3. The molecule has 2 heterocycles. The lowest BCUT2D eigenvalue weighted by Crippen LogP contribution is -2.36. The third-order valence-electron chi connectivity index (χ3n) is 3.51. The molecule has 0 fully saturated rings. The van der Waals surface area contributed by atoms with Crippen molar-refractivity contribution in [2.24, 2.45) is 0 Å². The maximum absolute atomic E-state index is 13.6. The molecular weight excluding hydrogens is 325 g/mol. The Morgan fingerprint density at radius 2 is 2.08 bits per heavy atom. The van der Waals surface area contributed by atoms with Crippen LogP contribution < -0.4 is 10.1 Å². The van der Waals surface area contributed by atoms with Gasteiger partial charge in [0.25, 0.3) is 5.91 Å². The molecule has 1 unspecified atom stereocenters. The zero-order chi connectivity index (χ0) is 17.6. The number of halogens is 1. The van der Waals surface area contributed by atoms with E-state index < -0.39 is 11.9 Å². The zero-order valence-electron chi connectivity index (χ0n) is 13.5. The number of amides is 1.